The number of aryl methyl sites for hydroxylation is 1. The molecule has 1 heterocycles. The van der Waals surface area contributed by atoms with E-state index >= 15 is 0 Å². The second kappa shape index (κ2) is 7.96. The Kier molecular flexibility index (Phi) is 6.59. The number of aliphatic hydroxyl groups is 1. The van der Waals surface area contributed by atoms with Crippen LogP contribution < -0.4 is 0 Å². The monoisotopic (exact) mass is 269 g/mol. The van der Waals surface area contributed by atoms with Crippen LogP contribution in [0, 0.1) is 6.92 Å². The lowest BCUT2D eigenvalue weighted by molar-refractivity contribution is 0.0560. The predicted octanol–water partition coefficient (Wildman–Crippen LogP) is 1.97. The topological polar surface area (TPSA) is 62.9 Å². The lowest BCUT2D eigenvalue weighted by Gasteiger charge is -2.14. The van der Waals surface area contributed by atoms with Gasteiger partial charge in [0.25, 0.3) is 0 Å². The van der Waals surface area contributed by atoms with Gasteiger partial charge in [0.15, 0.2) is 0 Å². The molecular weight excluding hydrogens is 246 g/mol. The standard InChI is InChI=1S/C14H23NO4/c1-11-9-12(19-13(11)14(17)18-3)10-15(2)7-5-4-6-8-16/h9,16H,4-8,10H2,1-3H3. The van der Waals surface area contributed by atoms with E-state index in [0.29, 0.717) is 6.54 Å². The van der Waals surface area contributed by atoms with Crippen LogP contribution in [0.15, 0.2) is 10.5 Å². The van der Waals surface area contributed by atoms with Crippen LogP contribution in [0.2, 0.25) is 0 Å². The van der Waals surface area contributed by atoms with E-state index in [9.17, 15) is 4.79 Å². The normalized spacial score (nSPS) is 11.0. The maximum atomic E-state index is 11.4. The average Bonchev–Trinajstić information content (AvgIpc) is 2.74. The third kappa shape index (κ3) is 5.04. The highest BCUT2D eigenvalue weighted by molar-refractivity contribution is 5.87. The molecule has 1 N–H and O–H groups in total. The van der Waals surface area contributed by atoms with Crippen LogP contribution in [-0.2, 0) is 11.3 Å². The van der Waals surface area contributed by atoms with Gasteiger partial charge in [-0.1, -0.05) is 0 Å². The molecule has 1 rings (SSSR count). The fourth-order valence-electron chi connectivity index (χ4n) is 1.94. The summed E-state index contributed by atoms with van der Waals surface area (Å²) in [4.78, 5) is 13.6. The van der Waals surface area contributed by atoms with Gasteiger partial charge in [-0.25, -0.2) is 4.79 Å². The molecule has 0 aromatic carbocycles. The fraction of sp³-hybridized carbons (Fsp3) is 0.643. The summed E-state index contributed by atoms with van der Waals surface area (Å²) in [6.07, 6.45) is 2.91. The van der Waals surface area contributed by atoms with Crippen LogP contribution >= 0.6 is 0 Å². The van der Waals surface area contributed by atoms with Crippen LogP contribution in [0.4, 0.5) is 0 Å². The van der Waals surface area contributed by atoms with Crippen molar-refractivity contribution in [2.24, 2.45) is 0 Å². The number of hydrogen-bond donors (Lipinski definition) is 1. The maximum absolute atomic E-state index is 11.4. The molecule has 0 aliphatic heterocycles. The number of carbonyl (C=O) groups is 1. The third-order valence-electron chi connectivity index (χ3n) is 2.96. The molecular formula is C14H23NO4. The van der Waals surface area contributed by atoms with Crippen molar-refractivity contribution in [2.75, 3.05) is 27.3 Å². The second-order valence-corrected chi connectivity index (χ2v) is 4.74. The average molecular weight is 269 g/mol. The van der Waals surface area contributed by atoms with Crippen LogP contribution in [0.5, 0.6) is 0 Å². The van der Waals surface area contributed by atoms with Gasteiger partial charge in [0.2, 0.25) is 5.76 Å². The van der Waals surface area contributed by atoms with Crippen molar-refractivity contribution in [3.63, 3.8) is 0 Å². The van der Waals surface area contributed by atoms with Crippen LogP contribution in [0.25, 0.3) is 0 Å². The third-order valence-corrected chi connectivity index (χ3v) is 2.96. The summed E-state index contributed by atoms with van der Waals surface area (Å²) >= 11 is 0. The molecule has 0 atom stereocenters. The Morgan fingerprint density at radius 2 is 2.16 bits per heavy atom. The largest absolute Gasteiger partial charge is 0.463 e. The minimum atomic E-state index is -0.436. The summed E-state index contributed by atoms with van der Waals surface area (Å²) in [5, 5.41) is 8.70. The first-order valence-electron chi connectivity index (χ1n) is 6.55. The molecule has 19 heavy (non-hydrogen) atoms. The number of furan rings is 1. The highest BCUT2D eigenvalue weighted by Gasteiger charge is 2.16. The molecule has 5 heteroatoms. The number of unbranched alkanes of at least 4 members (excludes halogenated alkanes) is 2. The van der Waals surface area contributed by atoms with Gasteiger partial charge in [0.05, 0.1) is 13.7 Å². The van der Waals surface area contributed by atoms with Gasteiger partial charge in [0, 0.05) is 12.2 Å². The van der Waals surface area contributed by atoms with Crippen molar-refractivity contribution >= 4 is 5.97 Å². The molecule has 108 valence electrons. The van der Waals surface area contributed by atoms with E-state index in [1.165, 1.54) is 7.11 Å². The highest BCUT2D eigenvalue weighted by Crippen LogP contribution is 2.17. The van der Waals surface area contributed by atoms with Crippen molar-refractivity contribution in [1.82, 2.24) is 4.90 Å². The SMILES string of the molecule is COC(=O)c1oc(CN(C)CCCCCO)cc1C. The Morgan fingerprint density at radius 1 is 1.42 bits per heavy atom. The molecule has 0 saturated heterocycles. The van der Waals surface area contributed by atoms with E-state index in [2.05, 4.69) is 9.64 Å². The van der Waals surface area contributed by atoms with Gasteiger partial charge >= 0.3 is 5.97 Å². The molecule has 0 spiro atoms. The Balaban J connectivity index is 2.46. The highest BCUT2D eigenvalue weighted by atomic mass is 16.5. The molecule has 1 aromatic rings. The Morgan fingerprint density at radius 3 is 2.79 bits per heavy atom. The van der Waals surface area contributed by atoms with Crippen LogP contribution in [0.3, 0.4) is 0 Å². The number of hydrogen-bond acceptors (Lipinski definition) is 5. The second-order valence-electron chi connectivity index (χ2n) is 4.74. The van der Waals surface area contributed by atoms with Crippen LogP contribution in [0.1, 0.15) is 41.1 Å². The van der Waals surface area contributed by atoms with Crippen molar-refractivity contribution in [2.45, 2.75) is 32.7 Å². The summed E-state index contributed by atoms with van der Waals surface area (Å²) < 4.78 is 10.2. The van der Waals surface area contributed by atoms with E-state index in [1.54, 1.807) is 0 Å². The fourth-order valence-corrected chi connectivity index (χ4v) is 1.94. The van der Waals surface area contributed by atoms with Crippen molar-refractivity contribution in [1.29, 1.82) is 0 Å². The number of nitrogens with zero attached hydrogens (tertiary/aromatic N) is 1. The minimum absolute atomic E-state index is 0.254. The van der Waals surface area contributed by atoms with Gasteiger partial charge in [-0.15, -0.1) is 0 Å². The van der Waals surface area contributed by atoms with Crippen molar-refractivity contribution in [3.8, 4) is 0 Å². The number of aliphatic hydroxyl groups excluding tert-OH is 1. The zero-order valence-corrected chi connectivity index (χ0v) is 11.9. The Labute approximate surface area is 114 Å². The molecule has 0 aliphatic rings. The molecule has 0 fully saturated rings. The Hall–Kier alpha value is -1.33. The number of esters is 1. The van der Waals surface area contributed by atoms with E-state index in [4.69, 9.17) is 9.52 Å². The molecule has 1 aromatic heterocycles. The number of methoxy groups -OCH3 is 1. The van der Waals surface area contributed by atoms with Crippen molar-refractivity contribution in [3.05, 3.63) is 23.2 Å². The van der Waals surface area contributed by atoms with E-state index in [-0.39, 0.29) is 12.4 Å². The number of ether oxygens (including phenoxy) is 1. The first kappa shape index (κ1) is 15.7. The molecule has 5 nitrogen and oxygen atoms in total. The zero-order valence-electron chi connectivity index (χ0n) is 11.9. The van der Waals surface area contributed by atoms with Gasteiger partial charge in [-0.05, 0) is 45.8 Å². The molecule has 0 unspecified atom stereocenters. The Bertz CT molecular complexity index is 400. The van der Waals surface area contributed by atoms with Gasteiger partial charge in [-0.3, -0.25) is 4.90 Å². The molecule has 0 saturated carbocycles. The van der Waals surface area contributed by atoms with E-state index < -0.39 is 5.97 Å². The minimum Gasteiger partial charge on any atom is -0.463 e. The molecule has 0 amide bonds. The van der Waals surface area contributed by atoms with Gasteiger partial charge in [0.1, 0.15) is 5.76 Å². The summed E-state index contributed by atoms with van der Waals surface area (Å²) in [7, 11) is 3.35. The summed E-state index contributed by atoms with van der Waals surface area (Å²) in [6, 6.07) is 1.87. The van der Waals surface area contributed by atoms with Gasteiger partial charge in [-0.2, -0.15) is 0 Å². The lowest BCUT2D eigenvalue weighted by Crippen LogP contribution is -2.18. The van der Waals surface area contributed by atoms with Crippen molar-refractivity contribution < 1.29 is 19.1 Å². The lowest BCUT2D eigenvalue weighted by atomic mass is 10.2. The first-order valence-corrected chi connectivity index (χ1v) is 6.55. The first-order chi connectivity index (χ1) is 9.08. The zero-order chi connectivity index (χ0) is 14.3. The van der Waals surface area contributed by atoms with E-state index in [1.807, 2.05) is 20.0 Å². The summed E-state index contributed by atoms with van der Waals surface area (Å²) in [5.74, 6) is 0.614. The smallest absolute Gasteiger partial charge is 0.374 e. The van der Waals surface area contributed by atoms with Crippen LogP contribution in [-0.4, -0.2) is 43.3 Å². The molecule has 0 bridgehead atoms. The van der Waals surface area contributed by atoms with Gasteiger partial charge < -0.3 is 14.3 Å². The quantitative estimate of drug-likeness (QED) is 0.577. The number of rotatable bonds is 8. The molecule has 0 radical (unpaired) electrons. The summed E-state index contributed by atoms with van der Waals surface area (Å²) in [5.41, 5.74) is 0.801. The summed E-state index contributed by atoms with van der Waals surface area (Å²) in [6.45, 7) is 3.69. The predicted molar refractivity (Wildman–Crippen MR) is 72.1 cm³/mol. The molecule has 0 aliphatic carbocycles. The number of carbonyl (C=O) groups excluding carboxylic acids is 1. The maximum Gasteiger partial charge on any atom is 0.374 e. The van der Waals surface area contributed by atoms with E-state index in [0.717, 1.165) is 37.1 Å².